The average Bonchev–Trinajstić information content (AvgIpc) is 1.66. The number of furan rings is 5. The van der Waals surface area contributed by atoms with Gasteiger partial charge in [-0.25, -0.2) is 34.9 Å². The largest absolute Gasteiger partial charge is 0.456 e. The van der Waals surface area contributed by atoms with Gasteiger partial charge in [0.1, 0.15) is 55.8 Å². The third-order valence-electron chi connectivity index (χ3n) is 26.0. The lowest BCUT2D eigenvalue weighted by molar-refractivity contribution is 0.668. The van der Waals surface area contributed by atoms with Gasteiger partial charge in [-0.15, -0.1) is 45.3 Å². The summed E-state index contributed by atoms with van der Waals surface area (Å²) in [6.45, 7) is 0. The van der Waals surface area contributed by atoms with Crippen LogP contribution in [0.15, 0.2) is 416 Å². The molecule has 0 radical (unpaired) electrons. The number of benzene rings is 18. The molecule has 12 heterocycles. The minimum Gasteiger partial charge on any atom is -0.456 e. The normalized spacial score (nSPS) is 12.0. The number of fused-ring (bicyclic) bond motifs is 27. The van der Waals surface area contributed by atoms with Gasteiger partial charge >= 0.3 is 0 Å². The standard InChI is InChI=1S/C40H22N2O2S.C40H22N2OS2.C39H21N3O2S/c1-4-10-34-26(7-1)28-16-13-23(20-36(28)43-34)32-22-33(24-14-17-29-27-8-2-5-11-35(27)44-37(29)21-24)42-40(41-32)25-15-18-39-31(19-25)30-9-3-6-12-38(30)45-39;1-4-10-34-26(7-1)27-16-13-23(19-35(27)43-34)32-22-33(24-14-17-30-28-8-2-5-11-36(28)44-38(30)20-24)42-40(41-32)25-15-18-31-29-9-3-6-12-37(29)45-39(31)21-25;1-4-10-31-25(7-1)27-16-13-23(20-33(27)43-31)38-40-37(22-15-18-36-30(19-22)29-9-3-6-12-35(29)45-36)41-39(42-38)24-14-17-28-26-8-2-5-11-32(26)44-34(28)21-24/h2*1-22H;1-21H. The van der Waals surface area contributed by atoms with E-state index in [9.17, 15) is 0 Å². The van der Waals surface area contributed by atoms with E-state index in [1.54, 1.807) is 11.3 Å². The molecule has 16 heteroatoms. The smallest absolute Gasteiger partial charge is 0.164 e. The molecule has 630 valence electrons. The molecular formula is C119H65N7O5S4. The maximum absolute atomic E-state index is 6.26. The molecule has 0 aliphatic carbocycles. The maximum Gasteiger partial charge on any atom is 0.164 e. The predicted octanol–water partition coefficient (Wildman–Crippen LogP) is 34.8. The molecule has 30 rings (SSSR count). The summed E-state index contributed by atoms with van der Waals surface area (Å²) in [6.07, 6.45) is 0. The minimum absolute atomic E-state index is 0.581. The highest BCUT2D eigenvalue weighted by atomic mass is 32.1. The van der Waals surface area contributed by atoms with Crippen LogP contribution in [0.3, 0.4) is 0 Å². The Morgan fingerprint density at radius 2 is 0.319 bits per heavy atom. The van der Waals surface area contributed by atoms with E-state index in [4.69, 9.17) is 57.0 Å². The number of rotatable bonds is 9. The molecule has 0 bridgehead atoms. The molecule has 0 fully saturated rings. The highest BCUT2D eigenvalue weighted by Crippen LogP contribution is 2.46. The van der Waals surface area contributed by atoms with Gasteiger partial charge in [0.15, 0.2) is 29.1 Å². The molecule has 12 aromatic heterocycles. The van der Waals surface area contributed by atoms with Crippen molar-refractivity contribution < 1.29 is 22.1 Å². The summed E-state index contributed by atoms with van der Waals surface area (Å²) in [5.41, 5.74) is 20.6. The zero-order valence-corrected chi connectivity index (χ0v) is 74.6. The van der Waals surface area contributed by atoms with Crippen molar-refractivity contribution in [3.8, 4) is 102 Å². The van der Waals surface area contributed by atoms with Crippen LogP contribution in [0.2, 0.25) is 0 Å². The van der Waals surface area contributed by atoms with E-state index < -0.39 is 0 Å². The first kappa shape index (κ1) is 76.8. The fourth-order valence-corrected chi connectivity index (χ4v) is 23.8. The highest BCUT2D eigenvalue weighted by molar-refractivity contribution is 7.27. The SMILES string of the molecule is c1ccc2c(c1)oc1cc(-c3cc(-c4ccc5c(c4)oc4ccccc45)nc(-c4ccc5sc6ccccc6c5c4)n3)ccc12.c1ccc2c(c1)oc1cc(-c3cc(-c4ccc5c(c4)sc4ccccc45)nc(-c4ccc5c(c4)sc4ccccc45)n3)ccc12.c1ccc2c(c1)oc1cc(-c3nc(-c4ccc5c(c4)oc4ccccc45)nc(-c4ccc5sc6ccccc6c5c4)n3)ccc12. The summed E-state index contributed by atoms with van der Waals surface area (Å²) < 4.78 is 41.3. The van der Waals surface area contributed by atoms with Crippen LogP contribution in [-0.4, -0.2) is 34.9 Å². The summed E-state index contributed by atoms with van der Waals surface area (Å²) in [6, 6.07) is 137. The third-order valence-corrected chi connectivity index (χ3v) is 30.5. The molecule has 0 atom stereocenters. The van der Waals surface area contributed by atoms with Crippen LogP contribution in [0.1, 0.15) is 0 Å². The van der Waals surface area contributed by atoms with Crippen LogP contribution < -0.4 is 0 Å². The molecule has 135 heavy (non-hydrogen) atoms. The second-order valence-corrected chi connectivity index (χ2v) is 38.3. The summed E-state index contributed by atoms with van der Waals surface area (Å²) in [4.78, 5) is 35.8. The molecule has 0 saturated heterocycles. The first-order chi connectivity index (χ1) is 66.7. The summed E-state index contributed by atoms with van der Waals surface area (Å²) in [5.74, 6) is 3.16. The number of para-hydroxylation sites is 5. The molecule has 0 unspecified atom stereocenters. The van der Waals surface area contributed by atoms with E-state index in [2.05, 4.69) is 297 Å². The van der Waals surface area contributed by atoms with Crippen molar-refractivity contribution in [2.75, 3.05) is 0 Å². The molecule has 0 spiro atoms. The third kappa shape index (κ3) is 13.2. The second kappa shape index (κ2) is 30.8. The lowest BCUT2D eigenvalue weighted by Crippen LogP contribution is -2.00. The Balaban J connectivity index is 0.000000101. The first-order valence-corrected chi connectivity index (χ1v) is 47.8. The van der Waals surface area contributed by atoms with Gasteiger partial charge in [0.2, 0.25) is 0 Å². The van der Waals surface area contributed by atoms with Crippen molar-refractivity contribution in [3.05, 3.63) is 394 Å². The Bertz CT molecular complexity index is 9210. The van der Waals surface area contributed by atoms with Crippen molar-refractivity contribution in [3.63, 3.8) is 0 Å². The topological polar surface area (TPSA) is 156 Å². The van der Waals surface area contributed by atoms with Crippen molar-refractivity contribution >= 4 is 236 Å². The average molecular weight is 1800 g/mol. The summed E-state index contributed by atoms with van der Waals surface area (Å²) in [5, 5.41) is 21.0. The van der Waals surface area contributed by atoms with Gasteiger partial charge in [-0.2, -0.15) is 0 Å². The predicted molar refractivity (Wildman–Crippen MR) is 561 cm³/mol. The van der Waals surface area contributed by atoms with Crippen molar-refractivity contribution in [1.82, 2.24) is 34.9 Å². The van der Waals surface area contributed by atoms with Crippen LogP contribution in [0.5, 0.6) is 0 Å². The molecule has 0 aliphatic heterocycles. The monoisotopic (exact) mass is 1800 g/mol. The Kier molecular flexibility index (Phi) is 17.5. The van der Waals surface area contributed by atoms with E-state index in [1.165, 1.54) is 80.7 Å². The Hall–Kier alpha value is -17.0. The number of hydrogen-bond donors (Lipinski definition) is 0. The van der Waals surface area contributed by atoms with Gasteiger partial charge in [0, 0.05) is 185 Å². The number of hydrogen-bond acceptors (Lipinski definition) is 16. The van der Waals surface area contributed by atoms with Crippen molar-refractivity contribution in [2.24, 2.45) is 0 Å². The van der Waals surface area contributed by atoms with E-state index in [1.807, 2.05) is 131 Å². The van der Waals surface area contributed by atoms with Crippen LogP contribution in [0.25, 0.3) is 292 Å². The zero-order chi connectivity index (χ0) is 88.5. The highest BCUT2D eigenvalue weighted by Gasteiger charge is 2.24. The van der Waals surface area contributed by atoms with E-state index in [-0.39, 0.29) is 0 Å². The quantitative estimate of drug-likeness (QED) is 0.135. The molecule has 0 amide bonds. The maximum atomic E-state index is 6.26. The first-order valence-electron chi connectivity index (χ1n) is 44.5. The molecule has 0 saturated carbocycles. The summed E-state index contributed by atoms with van der Waals surface area (Å²) in [7, 11) is 0. The van der Waals surface area contributed by atoms with Gasteiger partial charge in [-0.3, -0.25) is 0 Å². The fraction of sp³-hybridized carbons (Fsp3) is 0. The van der Waals surface area contributed by atoms with E-state index in [0.29, 0.717) is 29.1 Å². The Morgan fingerprint density at radius 1 is 0.126 bits per heavy atom. The molecular weight excluding hydrogens is 1740 g/mol. The van der Waals surface area contributed by atoms with Gasteiger partial charge in [0.25, 0.3) is 0 Å². The van der Waals surface area contributed by atoms with E-state index >= 15 is 0 Å². The summed E-state index contributed by atoms with van der Waals surface area (Å²) >= 11 is 7.24. The lowest BCUT2D eigenvalue weighted by Gasteiger charge is -2.10. The molecule has 18 aromatic carbocycles. The molecule has 0 N–H and O–H groups in total. The van der Waals surface area contributed by atoms with Crippen LogP contribution in [-0.2, 0) is 0 Å². The van der Waals surface area contributed by atoms with Crippen molar-refractivity contribution in [1.29, 1.82) is 0 Å². The Morgan fingerprint density at radius 3 is 0.637 bits per heavy atom. The van der Waals surface area contributed by atoms with Crippen LogP contribution >= 0.6 is 45.3 Å². The number of aromatic nitrogens is 7. The van der Waals surface area contributed by atoms with Crippen molar-refractivity contribution in [2.45, 2.75) is 0 Å². The van der Waals surface area contributed by atoms with Gasteiger partial charge in [0.05, 0.1) is 22.8 Å². The lowest BCUT2D eigenvalue weighted by atomic mass is 10.0. The number of thiophene rings is 4. The van der Waals surface area contributed by atoms with Gasteiger partial charge in [-0.1, -0.05) is 218 Å². The van der Waals surface area contributed by atoms with Gasteiger partial charge < -0.3 is 22.1 Å². The minimum atomic E-state index is 0.581. The molecule has 12 nitrogen and oxygen atoms in total. The zero-order valence-electron chi connectivity index (χ0n) is 71.3. The Labute approximate surface area is 782 Å². The fourth-order valence-electron chi connectivity index (χ4n) is 19.4. The molecule has 30 aromatic rings. The number of nitrogens with zero attached hydrogens (tertiary/aromatic N) is 7. The molecule has 0 aliphatic rings. The van der Waals surface area contributed by atoms with Crippen LogP contribution in [0, 0.1) is 0 Å². The second-order valence-electron chi connectivity index (χ2n) is 34.0. The van der Waals surface area contributed by atoms with Gasteiger partial charge in [-0.05, 0) is 176 Å². The van der Waals surface area contributed by atoms with Crippen LogP contribution in [0.4, 0.5) is 0 Å². The van der Waals surface area contributed by atoms with E-state index in [0.717, 1.165) is 183 Å².